The van der Waals surface area contributed by atoms with Crippen LogP contribution in [-0.2, 0) is 25.7 Å². The van der Waals surface area contributed by atoms with Gasteiger partial charge in [-0.3, -0.25) is 20.4 Å². The van der Waals surface area contributed by atoms with Crippen LogP contribution in [-0.4, -0.2) is 44.6 Å². The Morgan fingerprint density at radius 2 is 1.88 bits per heavy atom. The molecule has 0 saturated heterocycles. The van der Waals surface area contributed by atoms with Gasteiger partial charge in [-0.2, -0.15) is 4.80 Å². The molecule has 0 aliphatic rings. The summed E-state index contributed by atoms with van der Waals surface area (Å²) in [5.41, 5.74) is 6.02. The number of rotatable bonds is 5. The number of nitrogens with zero attached hydrogens (tertiary/aromatic N) is 4. The van der Waals surface area contributed by atoms with Crippen molar-refractivity contribution in [1.82, 2.24) is 31.1 Å². The van der Waals surface area contributed by atoms with Gasteiger partial charge in [0.1, 0.15) is 0 Å². The quantitative estimate of drug-likeness (QED) is 0.550. The van der Waals surface area contributed by atoms with Gasteiger partial charge in [0.2, 0.25) is 11.7 Å². The predicted octanol–water partition coefficient (Wildman–Crippen LogP) is -0.641. The van der Waals surface area contributed by atoms with Gasteiger partial charge in [0.15, 0.2) is 13.2 Å². The van der Waals surface area contributed by atoms with Crippen LogP contribution >= 0.6 is 0 Å². The van der Waals surface area contributed by atoms with Crippen LogP contribution in [0.25, 0.3) is 11.4 Å². The van der Waals surface area contributed by atoms with Crippen LogP contribution in [0.1, 0.15) is 12.5 Å². The van der Waals surface area contributed by atoms with Gasteiger partial charge in [-0.05, 0) is 12.1 Å². The molecule has 0 saturated carbocycles. The highest BCUT2D eigenvalue weighted by Gasteiger charge is 2.12. The van der Waals surface area contributed by atoms with Crippen LogP contribution in [0.15, 0.2) is 24.3 Å². The molecule has 1 aromatic carbocycles. The number of esters is 1. The number of carbonyl (C=O) groups is 3. The van der Waals surface area contributed by atoms with Crippen molar-refractivity contribution in [2.45, 2.75) is 20.4 Å². The molecule has 2 aromatic rings. The monoisotopic (exact) mass is 332 g/mol. The van der Waals surface area contributed by atoms with Gasteiger partial charge in [-0.15, -0.1) is 10.2 Å². The molecule has 2 N–H and O–H groups in total. The number of benzene rings is 1. The van der Waals surface area contributed by atoms with Crippen molar-refractivity contribution in [2.24, 2.45) is 0 Å². The van der Waals surface area contributed by atoms with Crippen molar-refractivity contribution in [3.05, 3.63) is 29.8 Å². The predicted molar refractivity (Wildman–Crippen MR) is 80.9 cm³/mol. The number of aryl methyl sites for hydroxylation is 1. The average Bonchev–Trinajstić information content (AvgIpc) is 3.00. The van der Waals surface area contributed by atoms with Crippen LogP contribution in [0.4, 0.5) is 0 Å². The van der Waals surface area contributed by atoms with Crippen molar-refractivity contribution in [2.75, 3.05) is 6.61 Å². The second-order valence-corrected chi connectivity index (χ2v) is 4.90. The van der Waals surface area contributed by atoms with Crippen molar-refractivity contribution >= 4 is 17.8 Å². The highest BCUT2D eigenvalue weighted by molar-refractivity contribution is 5.83. The van der Waals surface area contributed by atoms with Crippen molar-refractivity contribution in [3.8, 4) is 11.4 Å². The number of aromatic nitrogens is 4. The van der Waals surface area contributed by atoms with Gasteiger partial charge in [-0.1, -0.05) is 29.8 Å². The second-order valence-electron chi connectivity index (χ2n) is 4.90. The molecule has 1 heterocycles. The first-order chi connectivity index (χ1) is 11.4. The standard InChI is InChI=1S/C14H16N6O4/c1-9-3-5-11(6-4-9)14-17-19-20(18-14)7-13(23)24-8-12(22)16-15-10(2)21/h3-6H,7-8H2,1-2H3,(H,15,21)(H,16,22). The van der Waals surface area contributed by atoms with Gasteiger partial charge in [0.05, 0.1) is 0 Å². The molecular formula is C14H16N6O4. The van der Waals surface area contributed by atoms with E-state index in [-0.39, 0.29) is 6.54 Å². The molecule has 1 aromatic heterocycles. The third-order valence-electron chi connectivity index (χ3n) is 2.78. The molecule has 24 heavy (non-hydrogen) atoms. The lowest BCUT2D eigenvalue weighted by Crippen LogP contribution is -2.42. The highest BCUT2D eigenvalue weighted by atomic mass is 16.5. The first-order valence-electron chi connectivity index (χ1n) is 7.00. The Morgan fingerprint density at radius 1 is 1.17 bits per heavy atom. The minimum absolute atomic E-state index is 0.285. The number of hydrogen-bond acceptors (Lipinski definition) is 7. The smallest absolute Gasteiger partial charge is 0.330 e. The Labute approximate surface area is 137 Å². The number of nitrogens with one attached hydrogen (secondary N) is 2. The van der Waals surface area contributed by atoms with E-state index in [4.69, 9.17) is 4.74 Å². The number of ether oxygens (including phenoxy) is 1. The average molecular weight is 332 g/mol. The normalized spacial score (nSPS) is 10.1. The summed E-state index contributed by atoms with van der Waals surface area (Å²) in [6.07, 6.45) is 0. The molecule has 0 radical (unpaired) electrons. The summed E-state index contributed by atoms with van der Waals surface area (Å²) in [6.45, 7) is 2.38. The number of hydrogen-bond donors (Lipinski definition) is 2. The Hall–Kier alpha value is -3.30. The third-order valence-corrected chi connectivity index (χ3v) is 2.78. The highest BCUT2D eigenvalue weighted by Crippen LogP contribution is 2.13. The zero-order valence-electron chi connectivity index (χ0n) is 13.1. The van der Waals surface area contributed by atoms with Gasteiger partial charge < -0.3 is 4.74 Å². The maximum absolute atomic E-state index is 11.6. The van der Waals surface area contributed by atoms with E-state index in [0.29, 0.717) is 5.82 Å². The van der Waals surface area contributed by atoms with E-state index in [1.54, 1.807) is 0 Å². The summed E-state index contributed by atoms with van der Waals surface area (Å²) in [5.74, 6) is -1.43. The number of carbonyl (C=O) groups excluding carboxylic acids is 3. The lowest BCUT2D eigenvalue weighted by atomic mass is 10.1. The third kappa shape index (κ3) is 5.16. The molecule has 0 aliphatic carbocycles. The van der Waals surface area contributed by atoms with Crippen molar-refractivity contribution < 1.29 is 19.1 Å². The number of amides is 2. The maximum Gasteiger partial charge on any atom is 0.330 e. The minimum atomic E-state index is -0.708. The van der Waals surface area contributed by atoms with Crippen LogP contribution in [0.5, 0.6) is 0 Å². The number of hydrazine groups is 1. The van der Waals surface area contributed by atoms with Crippen molar-refractivity contribution in [3.63, 3.8) is 0 Å². The van der Waals surface area contributed by atoms with E-state index in [9.17, 15) is 14.4 Å². The molecule has 0 atom stereocenters. The molecule has 10 nitrogen and oxygen atoms in total. The SMILES string of the molecule is CC(=O)NNC(=O)COC(=O)Cn1nnc(-c2ccc(C)cc2)n1. The fraction of sp³-hybridized carbons (Fsp3) is 0.286. The van der Waals surface area contributed by atoms with E-state index < -0.39 is 24.4 Å². The lowest BCUT2D eigenvalue weighted by Gasteiger charge is -2.05. The summed E-state index contributed by atoms with van der Waals surface area (Å²) < 4.78 is 4.74. The van der Waals surface area contributed by atoms with E-state index in [1.165, 1.54) is 6.92 Å². The summed E-state index contributed by atoms with van der Waals surface area (Å²) in [6, 6.07) is 7.53. The topological polar surface area (TPSA) is 128 Å². The summed E-state index contributed by atoms with van der Waals surface area (Å²) in [5, 5.41) is 11.7. The molecule has 10 heteroatoms. The zero-order chi connectivity index (χ0) is 17.5. The first-order valence-corrected chi connectivity index (χ1v) is 7.00. The molecule has 0 fully saturated rings. The first kappa shape index (κ1) is 17.1. The fourth-order valence-electron chi connectivity index (χ4n) is 1.63. The Balaban J connectivity index is 1.83. The van der Waals surface area contributed by atoms with E-state index in [1.807, 2.05) is 31.2 Å². The van der Waals surface area contributed by atoms with Crippen LogP contribution in [0.2, 0.25) is 0 Å². The summed E-state index contributed by atoms with van der Waals surface area (Å²) in [4.78, 5) is 34.6. The van der Waals surface area contributed by atoms with Crippen LogP contribution < -0.4 is 10.9 Å². The van der Waals surface area contributed by atoms with Gasteiger partial charge in [0, 0.05) is 12.5 Å². The summed E-state index contributed by atoms with van der Waals surface area (Å²) in [7, 11) is 0. The van der Waals surface area contributed by atoms with Gasteiger partial charge >= 0.3 is 5.97 Å². The Bertz CT molecular complexity index is 740. The van der Waals surface area contributed by atoms with Crippen LogP contribution in [0.3, 0.4) is 0 Å². The van der Waals surface area contributed by atoms with E-state index in [2.05, 4.69) is 26.3 Å². The molecule has 0 aliphatic heterocycles. The van der Waals surface area contributed by atoms with Gasteiger partial charge in [-0.25, -0.2) is 4.79 Å². The zero-order valence-corrected chi connectivity index (χ0v) is 13.1. The second kappa shape index (κ2) is 7.81. The molecule has 2 amide bonds. The maximum atomic E-state index is 11.6. The minimum Gasteiger partial charge on any atom is -0.454 e. The van der Waals surface area contributed by atoms with Gasteiger partial charge in [0.25, 0.3) is 5.91 Å². The van der Waals surface area contributed by atoms with Crippen molar-refractivity contribution in [1.29, 1.82) is 0 Å². The molecule has 126 valence electrons. The Kier molecular flexibility index (Phi) is 5.55. The molecule has 0 unspecified atom stereocenters. The number of tetrazole rings is 1. The fourth-order valence-corrected chi connectivity index (χ4v) is 1.63. The van der Waals surface area contributed by atoms with E-state index in [0.717, 1.165) is 15.9 Å². The molecule has 0 bridgehead atoms. The molecule has 2 rings (SSSR count). The lowest BCUT2D eigenvalue weighted by molar-refractivity contribution is -0.150. The van der Waals surface area contributed by atoms with Crippen LogP contribution in [0, 0.1) is 6.92 Å². The molecular weight excluding hydrogens is 316 g/mol. The summed E-state index contributed by atoms with van der Waals surface area (Å²) >= 11 is 0. The molecule has 0 spiro atoms. The Morgan fingerprint density at radius 3 is 2.54 bits per heavy atom. The van der Waals surface area contributed by atoms with E-state index >= 15 is 0 Å². The largest absolute Gasteiger partial charge is 0.454 e.